The van der Waals surface area contributed by atoms with Crippen molar-refractivity contribution < 1.29 is 14.3 Å². The fourth-order valence-corrected chi connectivity index (χ4v) is 3.63. The minimum absolute atomic E-state index is 0.0459. The zero-order chi connectivity index (χ0) is 21.1. The van der Waals surface area contributed by atoms with Crippen LogP contribution in [0.3, 0.4) is 0 Å². The van der Waals surface area contributed by atoms with E-state index in [2.05, 4.69) is 15.3 Å². The highest BCUT2D eigenvalue weighted by atomic mass is 32.1. The molecule has 8 nitrogen and oxygen atoms in total. The molecule has 0 aliphatic heterocycles. The smallest absolute Gasteiger partial charge is 0.257 e. The second kappa shape index (κ2) is 8.34. The first kappa shape index (κ1) is 19.6. The van der Waals surface area contributed by atoms with Crippen molar-refractivity contribution in [2.24, 2.45) is 5.73 Å². The number of aromatic nitrogens is 3. The van der Waals surface area contributed by atoms with Gasteiger partial charge in [-0.15, -0.1) is 11.3 Å². The molecule has 0 fully saturated rings. The fourth-order valence-electron chi connectivity index (χ4n) is 2.93. The van der Waals surface area contributed by atoms with Crippen LogP contribution in [0.1, 0.15) is 27.3 Å². The minimum Gasteiger partial charge on any atom is -0.487 e. The minimum atomic E-state index is -0.465. The first-order valence-electron chi connectivity index (χ1n) is 9.18. The fraction of sp³-hybridized carbons (Fsp3) is 0.143. The summed E-state index contributed by atoms with van der Waals surface area (Å²) in [6.07, 6.45) is 3.93. The van der Waals surface area contributed by atoms with E-state index in [1.54, 1.807) is 29.6 Å². The molecule has 3 heterocycles. The Morgan fingerprint density at radius 1 is 1.17 bits per heavy atom. The molecule has 0 saturated heterocycles. The Hall–Kier alpha value is -3.72. The highest BCUT2D eigenvalue weighted by molar-refractivity contribution is 7.14. The van der Waals surface area contributed by atoms with E-state index in [1.165, 1.54) is 11.3 Å². The van der Waals surface area contributed by atoms with Crippen LogP contribution in [0.4, 0.5) is 5.13 Å². The number of amides is 2. The number of carbonyl (C=O) groups is 2. The van der Waals surface area contributed by atoms with Crippen LogP contribution in [-0.2, 0) is 17.8 Å². The molecule has 0 atom stereocenters. The second-order valence-electron chi connectivity index (χ2n) is 6.71. The van der Waals surface area contributed by atoms with Gasteiger partial charge in [0.25, 0.3) is 5.91 Å². The average molecular weight is 421 g/mol. The Morgan fingerprint density at radius 2 is 1.97 bits per heavy atom. The van der Waals surface area contributed by atoms with Gasteiger partial charge in [0.2, 0.25) is 5.91 Å². The third-order valence-electron chi connectivity index (χ3n) is 4.36. The Morgan fingerprint density at radius 3 is 2.70 bits per heavy atom. The Bertz CT molecular complexity index is 1210. The predicted molar refractivity (Wildman–Crippen MR) is 114 cm³/mol. The number of anilines is 1. The summed E-state index contributed by atoms with van der Waals surface area (Å²) in [7, 11) is 0. The Balaban J connectivity index is 1.36. The van der Waals surface area contributed by atoms with E-state index in [9.17, 15) is 9.59 Å². The third-order valence-corrected chi connectivity index (χ3v) is 5.17. The summed E-state index contributed by atoms with van der Waals surface area (Å²) in [5.41, 5.74) is 8.98. The molecule has 0 saturated carbocycles. The monoisotopic (exact) mass is 421 g/mol. The van der Waals surface area contributed by atoms with Crippen LogP contribution in [0, 0.1) is 6.92 Å². The van der Waals surface area contributed by atoms with Crippen LogP contribution in [0.2, 0.25) is 0 Å². The molecule has 0 unspecified atom stereocenters. The number of nitrogens with one attached hydrogen (secondary N) is 1. The van der Waals surface area contributed by atoms with E-state index >= 15 is 0 Å². The van der Waals surface area contributed by atoms with Gasteiger partial charge in [-0.25, -0.2) is 9.97 Å². The first-order chi connectivity index (χ1) is 14.5. The van der Waals surface area contributed by atoms with Crippen LogP contribution in [-0.4, -0.2) is 26.2 Å². The first-order valence-corrected chi connectivity index (χ1v) is 10.1. The van der Waals surface area contributed by atoms with E-state index in [1.807, 2.05) is 35.9 Å². The molecule has 3 aromatic heterocycles. The molecule has 9 heteroatoms. The predicted octanol–water partition coefficient (Wildman–Crippen LogP) is 2.96. The normalized spacial score (nSPS) is 10.8. The molecule has 0 spiro atoms. The van der Waals surface area contributed by atoms with Gasteiger partial charge in [-0.05, 0) is 42.8 Å². The number of benzene rings is 1. The van der Waals surface area contributed by atoms with Gasteiger partial charge < -0.3 is 14.9 Å². The number of hydrogen-bond donors (Lipinski definition) is 2. The molecule has 4 rings (SSSR count). The number of nitrogens with two attached hydrogens (primary N) is 1. The van der Waals surface area contributed by atoms with Crippen molar-refractivity contribution in [3.63, 3.8) is 0 Å². The van der Waals surface area contributed by atoms with Crippen molar-refractivity contribution in [3.05, 3.63) is 76.7 Å². The number of fused-ring (bicyclic) bond motifs is 1. The van der Waals surface area contributed by atoms with Crippen molar-refractivity contribution >= 4 is 33.9 Å². The molecule has 2 amide bonds. The van der Waals surface area contributed by atoms with Gasteiger partial charge in [-0.3, -0.25) is 14.9 Å². The molecule has 0 bridgehead atoms. The summed E-state index contributed by atoms with van der Waals surface area (Å²) >= 11 is 1.24. The number of primary amides is 1. The van der Waals surface area contributed by atoms with Crippen molar-refractivity contribution in [1.82, 2.24) is 14.4 Å². The lowest BCUT2D eigenvalue weighted by Crippen LogP contribution is -2.14. The maximum Gasteiger partial charge on any atom is 0.257 e. The molecule has 30 heavy (non-hydrogen) atoms. The van der Waals surface area contributed by atoms with Crippen molar-refractivity contribution in [3.8, 4) is 5.75 Å². The molecule has 4 aromatic rings. The van der Waals surface area contributed by atoms with Gasteiger partial charge in [0.1, 0.15) is 18.0 Å². The zero-order valence-electron chi connectivity index (χ0n) is 16.2. The van der Waals surface area contributed by atoms with Crippen molar-refractivity contribution in [1.29, 1.82) is 0 Å². The molecular formula is C21H19N5O3S. The molecule has 152 valence electrons. The van der Waals surface area contributed by atoms with E-state index in [-0.39, 0.29) is 12.3 Å². The van der Waals surface area contributed by atoms with E-state index in [4.69, 9.17) is 10.5 Å². The lowest BCUT2D eigenvalue weighted by Gasteiger charge is -2.06. The molecule has 0 aliphatic rings. The van der Waals surface area contributed by atoms with Crippen LogP contribution in [0.15, 0.2) is 54.2 Å². The van der Waals surface area contributed by atoms with Crippen LogP contribution >= 0.6 is 11.3 Å². The van der Waals surface area contributed by atoms with Crippen LogP contribution in [0.5, 0.6) is 5.75 Å². The van der Waals surface area contributed by atoms with Gasteiger partial charge in [-0.1, -0.05) is 6.07 Å². The quantitative estimate of drug-likeness (QED) is 0.476. The average Bonchev–Trinajstić information content (AvgIpc) is 3.33. The lowest BCUT2D eigenvalue weighted by atomic mass is 10.2. The summed E-state index contributed by atoms with van der Waals surface area (Å²) in [4.78, 5) is 32.1. The largest absolute Gasteiger partial charge is 0.487 e. The number of hydrogen-bond acceptors (Lipinski definition) is 6. The van der Waals surface area contributed by atoms with Crippen molar-refractivity contribution in [2.75, 3.05) is 5.32 Å². The summed E-state index contributed by atoms with van der Waals surface area (Å²) in [6, 6.07) is 10.8. The number of rotatable bonds is 7. The number of thiazole rings is 1. The highest BCUT2D eigenvalue weighted by Crippen LogP contribution is 2.19. The number of aryl methyl sites for hydroxylation is 1. The molecule has 0 aliphatic carbocycles. The van der Waals surface area contributed by atoms with Gasteiger partial charge >= 0.3 is 0 Å². The van der Waals surface area contributed by atoms with Crippen LogP contribution < -0.4 is 15.8 Å². The number of nitrogens with zero attached hydrogens (tertiary/aromatic N) is 3. The Labute approximate surface area is 176 Å². The van der Waals surface area contributed by atoms with Gasteiger partial charge in [0.15, 0.2) is 5.13 Å². The highest BCUT2D eigenvalue weighted by Gasteiger charge is 2.11. The summed E-state index contributed by atoms with van der Waals surface area (Å²) < 4.78 is 7.76. The third kappa shape index (κ3) is 4.47. The van der Waals surface area contributed by atoms with E-state index < -0.39 is 5.91 Å². The molecule has 3 N–H and O–H groups in total. The number of pyridine rings is 1. The van der Waals surface area contributed by atoms with Crippen LogP contribution in [0.25, 0.3) is 5.65 Å². The lowest BCUT2D eigenvalue weighted by molar-refractivity contribution is -0.117. The SMILES string of the molecule is Cc1cccn2cc(COc3ccc(C(=O)Nc4nc(CC(N)=O)cs4)cc3)nc12. The number of carbonyl (C=O) groups excluding carboxylic acids is 2. The van der Waals surface area contributed by atoms with E-state index in [0.29, 0.717) is 28.7 Å². The summed E-state index contributed by atoms with van der Waals surface area (Å²) in [5, 5.41) is 4.82. The topological polar surface area (TPSA) is 112 Å². The number of ether oxygens (including phenoxy) is 1. The second-order valence-corrected chi connectivity index (χ2v) is 7.57. The summed E-state index contributed by atoms with van der Waals surface area (Å²) in [6.45, 7) is 2.34. The number of imidazole rings is 1. The van der Waals surface area contributed by atoms with Gasteiger partial charge in [0, 0.05) is 23.3 Å². The van der Waals surface area contributed by atoms with Gasteiger partial charge in [0.05, 0.1) is 17.8 Å². The van der Waals surface area contributed by atoms with Gasteiger partial charge in [-0.2, -0.15) is 0 Å². The maximum absolute atomic E-state index is 12.4. The van der Waals surface area contributed by atoms with E-state index in [0.717, 1.165) is 16.9 Å². The maximum atomic E-state index is 12.4. The molecule has 0 radical (unpaired) electrons. The summed E-state index contributed by atoms with van der Waals surface area (Å²) in [5.74, 6) is -0.122. The molecule has 1 aromatic carbocycles. The molecular weight excluding hydrogens is 402 g/mol. The zero-order valence-corrected chi connectivity index (χ0v) is 17.0. The standard InChI is InChI=1S/C21H19N5O3S/c1-13-3-2-8-26-10-16(23-19(13)26)11-29-17-6-4-14(5-7-17)20(28)25-21-24-15(12-30-21)9-18(22)27/h2-8,10,12H,9,11H2,1H3,(H2,22,27)(H,24,25,28). The van der Waals surface area contributed by atoms with Crippen molar-refractivity contribution in [2.45, 2.75) is 20.0 Å². The Kier molecular flexibility index (Phi) is 5.44.